The summed E-state index contributed by atoms with van der Waals surface area (Å²) in [7, 11) is 0. The molecule has 54 valence electrons. The minimum absolute atomic E-state index is 0.292. The number of hydrogen-bond acceptors (Lipinski definition) is 1. The highest BCUT2D eigenvalue weighted by Crippen LogP contribution is 2.17. The second kappa shape index (κ2) is 2.76. The van der Waals surface area contributed by atoms with Crippen LogP contribution in [0.25, 0.3) is 0 Å². The molecular weight excluding hydrogens is 217 g/mol. The highest BCUT2D eigenvalue weighted by molar-refractivity contribution is 9.10. The fourth-order valence-electron chi connectivity index (χ4n) is 0.589. The van der Waals surface area contributed by atoms with Gasteiger partial charge in [-0.1, -0.05) is 0 Å². The van der Waals surface area contributed by atoms with Crippen LogP contribution in [-0.2, 0) is 0 Å². The maximum Gasteiger partial charge on any atom is 0.339 e. The number of nitrogens with zero attached hydrogens (tertiary/aromatic N) is 1. The molecule has 0 aliphatic rings. The van der Waals surface area contributed by atoms with E-state index in [1.165, 1.54) is 0 Å². The van der Waals surface area contributed by atoms with E-state index in [4.69, 9.17) is 16.8 Å². The Bertz CT molecular complexity index is 237. The van der Waals surface area contributed by atoms with Gasteiger partial charge in [0.25, 0.3) is 0 Å². The third-order valence-corrected chi connectivity index (χ3v) is 2.42. The molecule has 0 saturated carbocycles. The van der Waals surface area contributed by atoms with E-state index in [-0.39, 0.29) is 0 Å². The van der Waals surface area contributed by atoms with Crippen LogP contribution in [-0.4, -0.2) is 5.21 Å². The fourth-order valence-corrected chi connectivity index (χ4v) is 1.09. The maximum absolute atomic E-state index is 9.14. The van der Waals surface area contributed by atoms with E-state index < -0.39 is 0 Å². The predicted octanol–water partition coefficient (Wildman–Crippen LogP) is 1.94. The van der Waals surface area contributed by atoms with Crippen molar-refractivity contribution in [2.45, 2.75) is 6.92 Å². The van der Waals surface area contributed by atoms with Gasteiger partial charge in [-0.3, -0.25) is 5.21 Å². The molecule has 1 N–H and O–H groups in total. The molecule has 0 bridgehead atoms. The first-order valence-electron chi connectivity index (χ1n) is 2.69. The standard InChI is InChI=1S/C6H6BrClNO/c1-4-2-3-5(7)6(8)9(4)10/h2-3,10H,1H3/q+1. The van der Waals surface area contributed by atoms with Gasteiger partial charge in [-0.25, -0.2) is 0 Å². The quantitative estimate of drug-likeness (QED) is 0.406. The van der Waals surface area contributed by atoms with Crippen LogP contribution in [0.5, 0.6) is 0 Å². The topological polar surface area (TPSA) is 24.1 Å². The summed E-state index contributed by atoms with van der Waals surface area (Å²) < 4.78 is 1.60. The summed E-state index contributed by atoms with van der Waals surface area (Å²) in [5.41, 5.74) is 0.702. The minimum Gasteiger partial charge on any atom is -0.283 e. The number of aromatic nitrogens is 1. The van der Waals surface area contributed by atoms with Crippen molar-refractivity contribution in [2.24, 2.45) is 0 Å². The Hall–Kier alpha value is -0.280. The molecule has 0 saturated heterocycles. The molecule has 0 spiro atoms. The molecule has 0 aliphatic carbocycles. The van der Waals surface area contributed by atoms with E-state index >= 15 is 0 Å². The molecule has 0 unspecified atom stereocenters. The first-order valence-corrected chi connectivity index (χ1v) is 3.86. The third-order valence-electron chi connectivity index (χ3n) is 1.19. The van der Waals surface area contributed by atoms with Gasteiger partial charge in [-0.15, -0.1) is 0 Å². The second-order valence-corrected chi connectivity index (χ2v) is 3.14. The van der Waals surface area contributed by atoms with Crippen LogP contribution in [0.2, 0.25) is 5.15 Å². The van der Waals surface area contributed by atoms with Crippen molar-refractivity contribution < 1.29 is 9.94 Å². The molecule has 0 aromatic carbocycles. The maximum atomic E-state index is 9.14. The number of halogens is 2. The van der Waals surface area contributed by atoms with Crippen LogP contribution in [0.1, 0.15) is 5.69 Å². The zero-order chi connectivity index (χ0) is 7.72. The van der Waals surface area contributed by atoms with Crippen molar-refractivity contribution in [3.05, 3.63) is 27.5 Å². The summed E-state index contributed by atoms with van der Waals surface area (Å²) in [5.74, 6) is 0. The summed E-state index contributed by atoms with van der Waals surface area (Å²) in [4.78, 5) is 0. The molecule has 0 atom stereocenters. The van der Waals surface area contributed by atoms with E-state index in [1.54, 1.807) is 19.1 Å². The van der Waals surface area contributed by atoms with Gasteiger partial charge in [0.2, 0.25) is 5.69 Å². The zero-order valence-corrected chi connectivity index (χ0v) is 7.65. The van der Waals surface area contributed by atoms with Crippen molar-refractivity contribution in [3.63, 3.8) is 0 Å². The number of rotatable bonds is 0. The van der Waals surface area contributed by atoms with E-state index in [0.29, 0.717) is 15.3 Å². The van der Waals surface area contributed by atoms with Gasteiger partial charge in [0, 0.05) is 17.7 Å². The zero-order valence-electron chi connectivity index (χ0n) is 5.31. The predicted molar refractivity (Wildman–Crippen MR) is 41.3 cm³/mol. The molecular formula is C6H6BrClNO+. The highest BCUT2D eigenvalue weighted by Gasteiger charge is 2.13. The first kappa shape index (κ1) is 7.82. The van der Waals surface area contributed by atoms with Crippen LogP contribution >= 0.6 is 27.5 Å². The van der Waals surface area contributed by atoms with Crippen LogP contribution in [0.15, 0.2) is 16.6 Å². The van der Waals surface area contributed by atoms with Crippen molar-refractivity contribution in [2.75, 3.05) is 0 Å². The second-order valence-electron chi connectivity index (χ2n) is 1.93. The molecule has 2 nitrogen and oxygen atoms in total. The van der Waals surface area contributed by atoms with E-state index in [9.17, 15) is 0 Å². The number of aryl methyl sites for hydroxylation is 1. The summed E-state index contributed by atoms with van der Waals surface area (Å²) in [6.07, 6.45) is 0. The van der Waals surface area contributed by atoms with Gasteiger partial charge in [0.05, 0.1) is 0 Å². The Labute approximate surface area is 72.1 Å². The van der Waals surface area contributed by atoms with Crippen LogP contribution in [0.3, 0.4) is 0 Å². The van der Waals surface area contributed by atoms with Crippen LogP contribution in [0.4, 0.5) is 0 Å². The molecule has 1 aromatic rings. The third kappa shape index (κ3) is 1.25. The van der Waals surface area contributed by atoms with Crippen LogP contribution < -0.4 is 4.73 Å². The lowest BCUT2D eigenvalue weighted by Gasteiger charge is -1.92. The molecule has 0 radical (unpaired) electrons. The summed E-state index contributed by atoms with van der Waals surface area (Å²) in [5, 5.41) is 9.43. The molecule has 0 fully saturated rings. The molecule has 1 heterocycles. The largest absolute Gasteiger partial charge is 0.339 e. The number of pyridine rings is 1. The van der Waals surface area contributed by atoms with Crippen molar-refractivity contribution in [3.8, 4) is 0 Å². The molecule has 4 heteroatoms. The fraction of sp³-hybridized carbons (Fsp3) is 0.167. The monoisotopic (exact) mass is 222 g/mol. The Morgan fingerprint density at radius 1 is 1.60 bits per heavy atom. The molecule has 0 aliphatic heterocycles. The normalized spacial score (nSPS) is 9.90. The smallest absolute Gasteiger partial charge is 0.283 e. The Balaban J connectivity index is 3.34. The van der Waals surface area contributed by atoms with E-state index in [1.807, 2.05) is 0 Å². The Morgan fingerprint density at radius 3 is 2.70 bits per heavy atom. The van der Waals surface area contributed by atoms with Gasteiger partial charge < -0.3 is 0 Å². The van der Waals surface area contributed by atoms with Crippen molar-refractivity contribution in [1.82, 2.24) is 0 Å². The van der Waals surface area contributed by atoms with E-state index in [2.05, 4.69) is 15.9 Å². The molecule has 1 rings (SSSR count). The van der Waals surface area contributed by atoms with Gasteiger partial charge in [0.1, 0.15) is 4.47 Å². The summed E-state index contributed by atoms with van der Waals surface area (Å²) in [6.45, 7) is 1.76. The van der Waals surface area contributed by atoms with Crippen molar-refractivity contribution >= 4 is 27.5 Å². The van der Waals surface area contributed by atoms with Gasteiger partial charge >= 0.3 is 5.15 Å². The summed E-state index contributed by atoms with van der Waals surface area (Å²) in [6, 6.07) is 3.54. The average Bonchev–Trinajstić information content (AvgIpc) is 1.93. The van der Waals surface area contributed by atoms with Gasteiger partial charge in [-0.05, 0) is 33.6 Å². The van der Waals surface area contributed by atoms with Gasteiger partial charge in [-0.2, -0.15) is 0 Å². The summed E-state index contributed by atoms with van der Waals surface area (Å²) >= 11 is 8.82. The first-order chi connectivity index (χ1) is 4.63. The Kier molecular flexibility index (Phi) is 2.16. The van der Waals surface area contributed by atoms with Crippen molar-refractivity contribution in [1.29, 1.82) is 0 Å². The number of hydrogen-bond donors (Lipinski definition) is 1. The lowest BCUT2D eigenvalue weighted by atomic mass is 10.4. The average molecular weight is 223 g/mol. The molecule has 0 amide bonds. The highest BCUT2D eigenvalue weighted by atomic mass is 79.9. The lowest BCUT2D eigenvalue weighted by Crippen LogP contribution is -2.35. The van der Waals surface area contributed by atoms with E-state index in [0.717, 1.165) is 4.73 Å². The molecule has 1 aromatic heterocycles. The SMILES string of the molecule is Cc1ccc(Br)c(Cl)[n+]1O. The lowest BCUT2D eigenvalue weighted by molar-refractivity contribution is -0.907. The van der Waals surface area contributed by atoms with Crippen LogP contribution in [0, 0.1) is 6.92 Å². The molecule has 10 heavy (non-hydrogen) atoms. The van der Waals surface area contributed by atoms with Gasteiger partial charge in [0.15, 0.2) is 0 Å². The minimum atomic E-state index is 0.292. The Morgan fingerprint density at radius 2 is 2.20 bits per heavy atom.